The Morgan fingerprint density at radius 1 is 1.08 bits per heavy atom. The Kier molecular flexibility index (Phi) is 7.11. The van der Waals surface area contributed by atoms with Gasteiger partial charge in [0.1, 0.15) is 12.4 Å². The fourth-order valence-corrected chi connectivity index (χ4v) is 4.36. The molecule has 5 nitrogen and oxygen atoms in total. The Labute approximate surface area is 151 Å². The normalized spacial score (nSPS) is 23.2. The Morgan fingerprint density at radius 2 is 1.92 bits per heavy atom. The monoisotopic (exact) mass is 348 g/mol. The van der Waals surface area contributed by atoms with E-state index >= 15 is 0 Å². The van der Waals surface area contributed by atoms with Gasteiger partial charge < -0.3 is 14.9 Å². The van der Waals surface area contributed by atoms with Gasteiger partial charge in [0.15, 0.2) is 0 Å². The number of piperazine rings is 1. The molecule has 2 fully saturated rings. The summed E-state index contributed by atoms with van der Waals surface area (Å²) in [5, 5.41) is 18.4. The van der Waals surface area contributed by atoms with Crippen molar-refractivity contribution in [3.63, 3.8) is 0 Å². The van der Waals surface area contributed by atoms with Crippen molar-refractivity contribution in [2.24, 2.45) is 0 Å². The summed E-state index contributed by atoms with van der Waals surface area (Å²) in [7, 11) is 0. The molecule has 1 saturated heterocycles. The van der Waals surface area contributed by atoms with Crippen molar-refractivity contribution < 1.29 is 14.9 Å². The van der Waals surface area contributed by atoms with Crippen LogP contribution in [0.2, 0.25) is 0 Å². The van der Waals surface area contributed by atoms with Crippen LogP contribution in [-0.2, 0) is 6.54 Å². The van der Waals surface area contributed by atoms with Crippen LogP contribution in [0.5, 0.6) is 5.75 Å². The van der Waals surface area contributed by atoms with E-state index in [9.17, 15) is 5.11 Å². The van der Waals surface area contributed by atoms with Crippen molar-refractivity contribution in [2.45, 2.75) is 50.7 Å². The van der Waals surface area contributed by atoms with Crippen molar-refractivity contribution in [3.8, 4) is 5.75 Å². The van der Waals surface area contributed by atoms with Gasteiger partial charge in [-0.05, 0) is 37.0 Å². The minimum Gasteiger partial charge on any atom is -0.491 e. The van der Waals surface area contributed by atoms with Gasteiger partial charge in [-0.15, -0.1) is 0 Å². The van der Waals surface area contributed by atoms with Gasteiger partial charge in [0.25, 0.3) is 0 Å². The molecule has 3 rings (SSSR count). The molecule has 1 atom stereocenters. The molecule has 0 radical (unpaired) electrons. The van der Waals surface area contributed by atoms with E-state index in [1.54, 1.807) is 0 Å². The number of nitrogens with zero attached hydrogens (tertiary/aromatic N) is 2. The average molecular weight is 348 g/mol. The first-order valence-electron chi connectivity index (χ1n) is 9.71. The van der Waals surface area contributed by atoms with Crippen LogP contribution in [0, 0.1) is 0 Å². The van der Waals surface area contributed by atoms with E-state index in [-0.39, 0.29) is 13.2 Å². The predicted molar refractivity (Wildman–Crippen MR) is 98.8 cm³/mol. The number of rotatable bonds is 8. The molecular formula is C20H32N2O3. The van der Waals surface area contributed by atoms with Gasteiger partial charge in [0.2, 0.25) is 0 Å². The predicted octanol–water partition coefficient (Wildman–Crippen LogP) is 1.87. The highest BCUT2D eigenvalue weighted by Crippen LogP contribution is 2.28. The van der Waals surface area contributed by atoms with Crippen LogP contribution in [0.1, 0.15) is 37.7 Å². The zero-order chi connectivity index (χ0) is 17.5. The zero-order valence-corrected chi connectivity index (χ0v) is 15.1. The van der Waals surface area contributed by atoms with Gasteiger partial charge in [0, 0.05) is 44.9 Å². The van der Waals surface area contributed by atoms with Crippen LogP contribution in [0.3, 0.4) is 0 Å². The topological polar surface area (TPSA) is 56.2 Å². The summed E-state index contributed by atoms with van der Waals surface area (Å²) >= 11 is 0. The van der Waals surface area contributed by atoms with Gasteiger partial charge in [-0.2, -0.15) is 0 Å². The van der Waals surface area contributed by atoms with Gasteiger partial charge in [-0.25, -0.2) is 0 Å². The van der Waals surface area contributed by atoms with Crippen LogP contribution < -0.4 is 4.74 Å². The first kappa shape index (κ1) is 18.6. The quantitative estimate of drug-likeness (QED) is 0.751. The van der Waals surface area contributed by atoms with E-state index in [1.807, 2.05) is 12.1 Å². The first-order valence-corrected chi connectivity index (χ1v) is 9.71. The fraction of sp³-hybridized carbons (Fsp3) is 0.700. The summed E-state index contributed by atoms with van der Waals surface area (Å²) in [6.45, 7) is 4.77. The summed E-state index contributed by atoms with van der Waals surface area (Å²) < 4.78 is 5.52. The molecule has 1 unspecified atom stereocenters. The zero-order valence-electron chi connectivity index (χ0n) is 15.1. The summed E-state index contributed by atoms with van der Waals surface area (Å²) in [6, 6.07) is 9.36. The van der Waals surface area contributed by atoms with Crippen molar-refractivity contribution in [2.75, 3.05) is 39.5 Å². The summed E-state index contributed by atoms with van der Waals surface area (Å²) in [5.41, 5.74) is 1.24. The molecule has 0 bridgehead atoms. The third-order valence-corrected chi connectivity index (χ3v) is 5.53. The fourth-order valence-electron chi connectivity index (χ4n) is 4.36. The lowest BCUT2D eigenvalue weighted by atomic mass is 10.0. The largest absolute Gasteiger partial charge is 0.491 e. The second-order valence-corrected chi connectivity index (χ2v) is 7.30. The molecule has 2 N–H and O–H groups in total. The maximum Gasteiger partial charge on any atom is 0.119 e. The van der Waals surface area contributed by atoms with Gasteiger partial charge in [-0.1, -0.05) is 25.0 Å². The molecule has 2 aliphatic rings. The van der Waals surface area contributed by atoms with Crippen molar-refractivity contribution in [3.05, 3.63) is 29.8 Å². The molecule has 1 aromatic carbocycles. The maximum atomic E-state index is 9.49. The average Bonchev–Trinajstić information content (AvgIpc) is 3.15. The highest BCUT2D eigenvalue weighted by Gasteiger charge is 2.32. The molecular weight excluding hydrogens is 316 g/mol. The lowest BCUT2D eigenvalue weighted by Gasteiger charge is -2.44. The summed E-state index contributed by atoms with van der Waals surface area (Å²) in [5.74, 6) is 0.822. The SMILES string of the molecule is OCCOc1cccc(CN2CCN(C3CCCC3)C(CCO)C2)c1. The van der Waals surface area contributed by atoms with Crippen LogP contribution in [-0.4, -0.2) is 71.6 Å². The van der Waals surface area contributed by atoms with Crippen LogP contribution in [0.25, 0.3) is 0 Å². The highest BCUT2D eigenvalue weighted by atomic mass is 16.5. The third-order valence-electron chi connectivity index (χ3n) is 5.53. The van der Waals surface area contributed by atoms with Crippen molar-refractivity contribution in [1.82, 2.24) is 9.80 Å². The lowest BCUT2D eigenvalue weighted by molar-refractivity contribution is 0.0267. The minimum absolute atomic E-state index is 0.0379. The number of aliphatic hydroxyl groups is 2. The van der Waals surface area contributed by atoms with Crippen molar-refractivity contribution in [1.29, 1.82) is 0 Å². The van der Waals surface area contributed by atoms with E-state index in [0.717, 1.165) is 44.4 Å². The molecule has 1 aliphatic carbocycles. The molecule has 0 amide bonds. The van der Waals surface area contributed by atoms with Crippen molar-refractivity contribution >= 4 is 0 Å². The second-order valence-electron chi connectivity index (χ2n) is 7.30. The number of hydrogen-bond donors (Lipinski definition) is 2. The molecule has 140 valence electrons. The number of hydrogen-bond acceptors (Lipinski definition) is 5. The molecule has 0 aromatic heterocycles. The smallest absolute Gasteiger partial charge is 0.119 e. The molecule has 1 aliphatic heterocycles. The Hall–Kier alpha value is -1.14. The van der Waals surface area contributed by atoms with E-state index < -0.39 is 0 Å². The van der Waals surface area contributed by atoms with E-state index in [4.69, 9.17) is 9.84 Å². The Balaban J connectivity index is 1.58. The Morgan fingerprint density at radius 3 is 2.68 bits per heavy atom. The molecule has 1 heterocycles. The Bertz CT molecular complexity index is 519. The lowest BCUT2D eigenvalue weighted by Crippen LogP contribution is -2.55. The number of benzene rings is 1. The number of aliphatic hydroxyl groups excluding tert-OH is 2. The van der Waals surface area contributed by atoms with Gasteiger partial charge >= 0.3 is 0 Å². The molecule has 0 spiro atoms. The van der Waals surface area contributed by atoms with E-state index in [0.29, 0.717) is 12.6 Å². The van der Waals surface area contributed by atoms with Crippen LogP contribution >= 0.6 is 0 Å². The molecule has 1 saturated carbocycles. The second kappa shape index (κ2) is 9.53. The molecule has 1 aromatic rings. The standard InChI is InChI=1S/C20H32N2O3/c23-11-8-19-16-21(9-10-22(19)18-5-1-2-6-18)15-17-4-3-7-20(14-17)25-13-12-24/h3-4,7,14,18-19,23-24H,1-2,5-6,8-13,15-16H2. The summed E-state index contributed by atoms with van der Waals surface area (Å²) in [6.07, 6.45) is 6.24. The first-order chi connectivity index (χ1) is 12.3. The highest BCUT2D eigenvalue weighted by molar-refractivity contribution is 5.28. The van der Waals surface area contributed by atoms with Crippen LogP contribution in [0.15, 0.2) is 24.3 Å². The maximum absolute atomic E-state index is 9.49. The third kappa shape index (κ3) is 5.17. The summed E-state index contributed by atoms with van der Waals surface area (Å²) in [4.78, 5) is 5.16. The van der Waals surface area contributed by atoms with E-state index in [1.165, 1.54) is 31.2 Å². The number of ether oxygens (including phenoxy) is 1. The van der Waals surface area contributed by atoms with Crippen LogP contribution in [0.4, 0.5) is 0 Å². The molecule has 25 heavy (non-hydrogen) atoms. The van der Waals surface area contributed by atoms with E-state index in [2.05, 4.69) is 21.9 Å². The minimum atomic E-state index is 0.0379. The molecule has 5 heteroatoms. The van der Waals surface area contributed by atoms with Gasteiger partial charge in [0.05, 0.1) is 6.61 Å². The van der Waals surface area contributed by atoms with Gasteiger partial charge in [-0.3, -0.25) is 9.80 Å².